The lowest BCUT2D eigenvalue weighted by molar-refractivity contribution is -0.136. The summed E-state index contributed by atoms with van der Waals surface area (Å²) in [6.07, 6.45) is 2.77. The normalized spacial score (nSPS) is 11.0. The molecule has 0 bridgehead atoms. The fraction of sp³-hybridized carbons (Fsp3) is 0.200. The van der Waals surface area contributed by atoms with Crippen LogP contribution in [-0.2, 0) is 24.2 Å². The second-order valence-corrected chi connectivity index (χ2v) is 7.38. The molecule has 0 saturated carbocycles. The fourth-order valence-electron chi connectivity index (χ4n) is 3.89. The summed E-state index contributed by atoms with van der Waals surface area (Å²) in [6, 6.07) is 17.8. The van der Waals surface area contributed by atoms with Gasteiger partial charge in [-0.2, -0.15) is 5.10 Å². The maximum absolute atomic E-state index is 11.1. The van der Waals surface area contributed by atoms with Gasteiger partial charge in [0.05, 0.1) is 18.1 Å². The van der Waals surface area contributed by atoms with E-state index in [1.165, 1.54) is 16.7 Å². The third kappa shape index (κ3) is 3.92. The van der Waals surface area contributed by atoms with E-state index in [-0.39, 0.29) is 6.42 Å². The van der Waals surface area contributed by atoms with E-state index >= 15 is 0 Å². The molecule has 4 rings (SSSR count). The number of carboxylic acids is 1. The number of aryl methyl sites for hydroxylation is 1. The molecule has 0 aliphatic heterocycles. The Labute approximate surface area is 175 Å². The molecule has 0 fully saturated rings. The van der Waals surface area contributed by atoms with E-state index in [0.717, 1.165) is 28.5 Å². The third-order valence-electron chi connectivity index (χ3n) is 5.44. The van der Waals surface area contributed by atoms with Crippen molar-refractivity contribution in [1.29, 1.82) is 0 Å². The molecule has 5 heteroatoms. The molecule has 0 aliphatic carbocycles. The Morgan fingerprint density at radius 1 is 1.07 bits per heavy atom. The van der Waals surface area contributed by atoms with Gasteiger partial charge in [0.25, 0.3) is 0 Å². The zero-order chi connectivity index (χ0) is 21.1. The van der Waals surface area contributed by atoms with Gasteiger partial charge in [-0.3, -0.25) is 9.89 Å². The molecule has 0 aliphatic rings. The highest BCUT2D eigenvalue weighted by Crippen LogP contribution is 2.33. The van der Waals surface area contributed by atoms with Gasteiger partial charge in [0.1, 0.15) is 12.4 Å². The summed E-state index contributed by atoms with van der Waals surface area (Å²) < 4.78 is 6.02. The highest BCUT2D eigenvalue weighted by atomic mass is 16.5. The highest BCUT2D eigenvalue weighted by Gasteiger charge is 2.13. The first-order chi connectivity index (χ1) is 14.6. The summed E-state index contributed by atoms with van der Waals surface area (Å²) in [7, 11) is 0. The van der Waals surface area contributed by atoms with Crippen molar-refractivity contribution in [3.05, 3.63) is 83.0 Å². The number of carboxylic acid groups (broad SMARTS) is 1. The Balaban J connectivity index is 1.70. The van der Waals surface area contributed by atoms with Crippen LogP contribution in [-0.4, -0.2) is 21.3 Å². The van der Waals surface area contributed by atoms with Gasteiger partial charge in [0.15, 0.2) is 0 Å². The van der Waals surface area contributed by atoms with E-state index < -0.39 is 5.97 Å². The molecule has 4 aromatic rings. The maximum Gasteiger partial charge on any atom is 0.307 e. The number of rotatable bonds is 7. The van der Waals surface area contributed by atoms with Crippen molar-refractivity contribution in [2.24, 2.45) is 0 Å². The number of hydrogen-bond acceptors (Lipinski definition) is 3. The quantitative estimate of drug-likeness (QED) is 0.441. The lowest BCUT2D eigenvalue weighted by Crippen LogP contribution is -2.04. The van der Waals surface area contributed by atoms with Crippen molar-refractivity contribution in [1.82, 2.24) is 10.2 Å². The molecule has 0 atom stereocenters. The van der Waals surface area contributed by atoms with Crippen molar-refractivity contribution < 1.29 is 14.6 Å². The van der Waals surface area contributed by atoms with Gasteiger partial charge in [-0.15, -0.1) is 0 Å². The van der Waals surface area contributed by atoms with Crippen molar-refractivity contribution in [2.45, 2.75) is 33.3 Å². The summed E-state index contributed by atoms with van der Waals surface area (Å²) in [4.78, 5) is 11.1. The SMILES string of the molecule is CCc1cccc(-c2cc(COc3ccccc3CC(=O)O)cc3[nH]ncc23)c1C. The van der Waals surface area contributed by atoms with E-state index in [4.69, 9.17) is 9.84 Å². The predicted molar refractivity (Wildman–Crippen MR) is 118 cm³/mol. The average Bonchev–Trinajstić information content (AvgIpc) is 3.21. The van der Waals surface area contributed by atoms with Gasteiger partial charge in [-0.25, -0.2) is 0 Å². The van der Waals surface area contributed by atoms with Crippen LogP contribution in [0.5, 0.6) is 5.75 Å². The van der Waals surface area contributed by atoms with Crippen LogP contribution in [0.1, 0.15) is 29.2 Å². The molecule has 5 nitrogen and oxygen atoms in total. The van der Waals surface area contributed by atoms with E-state index in [1.54, 1.807) is 6.07 Å². The van der Waals surface area contributed by atoms with Crippen molar-refractivity contribution in [2.75, 3.05) is 0 Å². The largest absolute Gasteiger partial charge is 0.489 e. The topological polar surface area (TPSA) is 75.2 Å². The molecule has 1 aromatic heterocycles. The molecule has 3 aromatic carbocycles. The van der Waals surface area contributed by atoms with Crippen molar-refractivity contribution >= 4 is 16.9 Å². The van der Waals surface area contributed by atoms with Crippen LogP contribution in [0, 0.1) is 6.92 Å². The second kappa shape index (κ2) is 8.41. The summed E-state index contributed by atoms with van der Waals surface area (Å²) in [5.41, 5.74) is 7.51. The van der Waals surface area contributed by atoms with Crippen LogP contribution in [0.2, 0.25) is 0 Å². The Hall–Kier alpha value is -3.60. The highest BCUT2D eigenvalue weighted by molar-refractivity contribution is 5.95. The van der Waals surface area contributed by atoms with E-state index in [1.807, 2.05) is 30.5 Å². The number of nitrogens with one attached hydrogen (secondary N) is 1. The van der Waals surface area contributed by atoms with Gasteiger partial charge >= 0.3 is 5.97 Å². The summed E-state index contributed by atoms with van der Waals surface area (Å²) >= 11 is 0. The first kappa shape index (κ1) is 19.7. The molecular formula is C25H24N2O3. The van der Waals surface area contributed by atoms with Gasteiger partial charge < -0.3 is 9.84 Å². The number of para-hydroxylation sites is 1. The lowest BCUT2D eigenvalue weighted by atomic mass is 9.92. The molecule has 0 unspecified atom stereocenters. The lowest BCUT2D eigenvalue weighted by Gasteiger charge is -2.14. The van der Waals surface area contributed by atoms with Crippen LogP contribution in [0.15, 0.2) is 60.8 Å². The van der Waals surface area contributed by atoms with E-state index in [9.17, 15) is 4.79 Å². The summed E-state index contributed by atoms with van der Waals surface area (Å²) in [6.45, 7) is 4.66. The molecule has 0 radical (unpaired) electrons. The van der Waals surface area contributed by atoms with Gasteiger partial charge in [-0.05, 0) is 59.4 Å². The van der Waals surface area contributed by atoms with E-state index in [2.05, 4.69) is 48.3 Å². The number of aromatic nitrogens is 2. The number of aliphatic carboxylic acids is 1. The van der Waals surface area contributed by atoms with Gasteiger partial charge in [0.2, 0.25) is 0 Å². The van der Waals surface area contributed by atoms with Gasteiger partial charge in [0, 0.05) is 10.9 Å². The third-order valence-corrected chi connectivity index (χ3v) is 5.44. The number of H-pyrrole nitrogens is 1. The van der Waals surface area contributed by atoms with E-state index in [0.29, 0.717) is 17.9 Å². The number of carbonyl (C=O) groups is 1. The first-order valence-corrected chi connectivity index (χ1v) is 10.0. The number of ether oxygens (including phenoxy) is 1. The molecule has 2 N–H and O–H groups in total. The number of nitrogens with zero attached hydrogens (tertiary/aromatic N) is 1. The summed E-state index contributed by atoms with van der Waals surface area (Å²) in [5.74, 6) is -0.284. The van der Waals surface area contributed by atoms with Crippen molar-refractivity contribution in [3.8, 4) is 16.9 Å². The average molecular weight is 400 g/mol. The Morgan fingerprint density at radius 3 is 2.67 bits per heavy atom. The van der Waals surface area contributed by atoms with Gasteiger partial charge in [-0.1, -0.05) is 43.3 Å². The zero-order valence-corrected chi connectivity index (χ0v) is 17.1. The van der Waals surface area contributed by atoms with Crippen LogP contribution in [0.3, 0.4) is 0 Å². The van der Waals surface area contributed by atoms with Crippen molar-refractivity contribution in [3.63, 3.8) is 0 Å². The molecular weight excluding hydrogens is 376 g/mol. The van der Waals surface area contributed by atoms with Crippen LogP contribution in [0.4, 0.5) is 0 Å². The number of aromatic amines is 1. The minimum absolute atomic E-state index is 0.0655. The Bertz CT molecular complexity index is 1210. The predicted octanol–water partition coefficient (Wildman–Crippen LogP) is 5.31. The molecule has 30 heavy (non-hydrogen) atoms. The number of hydrogen-bond donors (Lipinski definition) is 2. The van der Waals surface area contributed by atoms with Crippen LogP contribution < -0.4 is 4.74 Å². The minimum atomic E-state index is -0.876. The molecule has 1 heterocycles. The first-order valence-electron chi connectivity index (χ1n) is 10.0. The molecule has 152 valence electrons. The maximum atomic E-state index is 11.1. The van der Waals surface area contributed by atoms with Crippen LogP contribution in [0.25, 0.3) is 22.0 Å². The second-order valence-electron chi connectivity index (χ2n) is 7.38. The zero-order valence-electron chi connectivity index (χ0n) is 17.1. The smallest absolute Gasteiger partial charge is 0.307 e. The minimum Gasteiger partial charge on any atom is -0.489 e. The molecule has 0 amide bonds. The molecule has 0 spiro atoms. The monoisotopic (exact) mass is 400 g/mol. The number of benzene rings is 3. The summed E-state index contributed by atoms with van der Waals surface area (Å²) in [5, 5.41) is 17.5. The number of fused-ring (bicyclic) bond motifs is 1. The Kier molecular flexibility index (Phi) is 5.53. The molecule has 0 saturated heterocycles. The van der Waals surface area contributed by atoms with Crippen LogP contribution >= 0.6 is 0 Å². The standard InChI is InChI=1S/C25H24N2O3/c1-3-18-8-6-9-20(16(18)2)21-11-17(12-23-22(21)14-26-27-23)15-30-24-10-5-4-7-19(24)13-25(28)29/h4-12,14H,3,13,15H2,1-2H3,(H,26,27)(H,28,29). The fourth-order valence-corrected chi connectivity index (χ4v) is 3.89. The Morgan fingerprint density at radius 2 is 1.87 bits per heavy atom.